The topological polar surface area (TPSA) is 22.1 Å². The van der Waals surface area contributed by atoms with Crippen LogP contribution >= 0.6 is 34.8 Å². The van der Waals surface area contributed by atoms with Crippen LogP contribution in [0.15, 0.2) is 30.5 Å². The number of rotatable bonds is 3. The number of benzene rings is 1. The third-order valence-corrected chi connectivity index (χ3v) is 2.99. The summed E-state index contributed by atoms with van der Waals surface area (Å²) < 4.78 is 29.0. The van der Waals surface area contributed by atoms with E-state index in [9.17, 15) is 8.78 Å². The van der Waals surface area contributed by atoms with Crippen molar-refractivity contribution in [1.82, 2.24) is 4.98 Å². The fourth-order valence-electron chi connectivity index (χ4n) is 1.51. The van der Waals surface area contributed by atoms with Gasteiger partial charge < -0.3 is 4.74 Å². The van der Waals surface area contributed by atoms with Gasteiger partial charge in [-0.2, -0.15) is 8.78 Å². The lowest BCUT2D eigenvalue weighted by Crippen LogP contribution is -2.05. The van der Waals surface area contributed by atoms with E-state index in [-0.39, 0.29) is 21.5 Å². The predicted octanol–water partition coefficient (Wildman–Crippen LogP) is 5.31. The summed E-state index contributed by atoms with van der Waals surface area (Å²) in [6.45, 7) is -2.99. The second-order valence-electron chi connectivity index (χ2n) is 3.51. The van der Waals surface area contributed by atoms with E-state index in [1.165, 1.54) is 18.3 Å². The van der Waals surface area contributed by atoms with Crippen molar-refractivity contribution in [3.8, 4) is 17.0 Å². The van der Waals surface area contributed by atoms with Gasteiger partial charge in [0.05, 0.1) is 10.0 Å². The Morgan fingerprint density at radius 1 is 1.00 bits per heavy atom. The van der Waals surface area contributed by atoms with Gasteiger partial charge in [-0.3, -0.25) is 0 Å². The van der Waals surface area contributed by atoms with Crippen molar-refractivity contribution in [2.75, 3.05) is 0 Å². The van der Waals surface area contributed by atoms with E-state index in [2.05, 4.69) is 9.72 Å². The van der Waals surface area contributed by atoms with Crippen LogP contribution in [-0.2, 0) is 0 Å². The largest absolute Gasteiger partial charge is 0.416 e. The summed E-state index contributed by atoms with van der Waals surface area (Å²) in [5.74, 6) is -0.247. The monoisotopic (exact) mass is 323 g/mol. The molecule has 0 aliphatic rings. The zero-order valence-electron chi connectivity index (χ0n) is 9.21. The number of pyridine rings is 1. The van der Waals surface area contributed by atoms with Crippen LogP contribution in [0.3, 0.4) is 0 Å². The first-order valence-electron chi connectivity index (χ1n) is 5.03. The SMILES string of the molecule is FC(F)Oc1ncc(Cl)cc1-c1ccc(Cl)cc1Cl. The molecule has 0 radical (unpaired) electrons. The lowest BCUT2D eigenvalue weighted by Gasteiger charge is -2.11. The van der Waals surface area contributed by atoms with Gasteiger partial charge in [0.2, 0.25) is 5.88 Å². The summed E-state index contributed by atoms with van der Waals surface area (Å²) in [6.07, 6.45) is 1.21. The predicted molar refractivity (Wildman–Crippen MR) is 71.3 cm³/mol. The number of aromatic nitrogens is 1. The van der Waals surface area contributed by atoms with Crippen molar-refractivity contribution in [3.63, 3.8) is 0 Å². The minimum Gasteiger partial charge on any atom is -0.416 e. The highest BCUT2D eigenvalue weighted by molar-refractivity contribution is 6.36. The van der Waals surface area contributed by atoms with Crippen molar-refractivity contribution < 1.29 is 13.5 Å². The molecule has 2 rings (SSSR count). The minimum atomic E-state index is -2.99. The van der Waals surface area contributed by atoms with Crippen LogP contribution in [-0.4, -0.2) is 11.6 Å². The third-order valence-electron chi connectivity index (χ3n) is 2.24. The molecule has 0 spiro atoms. The van der Waals surface area contributed by atoms with Crippen molar-refractivity contribution in [2.24, 2.45) is 0 Å². The molecule has 0 atom stereocenters. The van der Waals surface area contributed by atoms with Crippen molar-refractivity contribution >= 4 is 34.8 Å². The normalized spacial score (nSPS) is 10.8. The van der Waals surface area contributed by atoms with E-state index in [1.54, 1.807) is 12.1 Å². The number of hydrogen-bond acceptors (Lipinski definition) is 2. The second-order valence-corrected chi connectivity index (χ2v) is 4.79. The summed E-state index contributed by atoms with van der Waals surface area (Å²) >= 11 is 17.6. The van der Waals surface area contributed by atoms with Crippen LogP contribution in [0, 0.1) is 0 Å². The quantitative estimate of drug-likeness (QED) is 0.763. The van der Waals surface area contributed by atoms with Crippen LogP contribution in [0.2, 0.25) is 15.1 Å². The van der Waals surface area contributed by atoms with Gasteiger partial charge in [-0.15, -0.1) is 0 Å². The Hall–Kier alpha value is -1.10. The zero-order chi connectivity index (χ0) is 14.0. The van der Waals surface area contributed by atoms with Gasteiger partial charge >= 0.3 is 6.61 Å². The van der Waals surface area contributed by atoms with E-state index in [1.807, 2.05) is 0 Å². The molecule has 1 aromatic heterocycles. The van der Waals surface area contributed by atoms with E-state index >= 15 is 0 Å². The molecule has 100 valence electrons. The fourth-order valence-corrected chi connectivity index (χ4v) is 2.17. The number of halogens is 5. The first kappa shape index (κ1) is 14.3. The Kier molecular flexibility index (Phi) is 4.45. The summed E-state index contributed by atoms with van der Waals surface area (Å²) in [7, 11) is 0. The molecule has 2 nitrogen and oxygen atoms in total. The van der Waals surface area contributed by atoms with Crippen LogP contribution < -0.4 is 4.74 Å². The molecule has 2 aromatic rings. The van der Waals surface area contributed by atoms with Crippen molar-refractivity contribution in [3.05, 3.63) is 45.5 Å². The highest BCUT2D eigenvalue weighted by Gasteiger charge is 2.15. The number of alkyl halides is 2. The maximum atomic E-state index is 12.3. The number of ether oxygens (including phenoxy) is 1. The van der Waals surface area contributed by atoms with Gasteiger partial charge in [-0.1, -0.05) is 40.9 Å². The van der Waals surface area contributed by atoms with Gasteiger partial charge in [0.1, 0.15) is 0 Å². The number of hydrogen-bond donors (Lipinski definition) is 0. The van der Waals surface area contributed by atoms with Gasteiger partial charge in [-0.25, -0.2) is 4.98 Å². The molecule has 0 N–H and O–H groups in total. The molecule has 0 unspecified atom stereocenters. The molecule has 7 heteroatoms. The maximum Gasteiger partial charge on any atom is 0.388 e. The van der Waals surface area contributed by atoms with E-state index in [0.29, 0.717) is 10.6 Å². The van der Waals surface area contributed by atoms with Crippen molar-refractivity contribution in [2.45, 2.75) is 6.61 Å². The van der Waals surface area contributed by atoms with Crippen LogP contribution in [0.5, 0.6) is 5.88 Å². The summed E-state index contributed by atoms with van der Waals surface area (Å²) in [5.41, 5.74) is 0.728. The van der Waals surface area contributed by atoms with E-state index in [4.69, 9.17) is 34.8 Å². The average Bonchev–Trinajstić information content (AvgIpc) is 2.31. The van der Waals surface area contributed by atoms with Gasteiger partial charge in [0, 0.05) is 22.3 Å². The maximum absolute atomic E-state index is 12.3. The highest BCUT2D eigenvalue weighted by atomic mass is 35.5. The van der Waals surface area contributed by atoms with Crippen LogP contribution in [0.4, 0.5) is 8.78 Å². The Balaban J connectivity index is 2.56. The Morgan fingerprint density at radius 3 is 2.37 bits per heavy atom. The molecule has 0 fully saturated rings. The molecule has 0 aliphatic heterocycles. The Morgan fingerprint density at radius 2 is 1.74 bits per heavy atom. The van der Waals surface area contributed by atoms with Gasteiger partial charge in [0.15, 0.2) is 0 Å². The van der Waals surface area contributed by atoms with E-state index in [0.717, 1.165) is 0 Å². The first-order valence-corrected chi connectivity index (χ1v) is 6.16. The molecule has 1 aromatic carbocycles. The van der Waals surface area contributed by atoms with E-state index < -0.39 is 6.61 Å². The number of nitrogens with zero attached hydrogens (tertiary/aromatic N) is 1. The lowest BCUT2D eigenvalue weighted by molar-refractivity contribution is -0.0524. The molecule has 0 saturated carbocycles. The van der Waals surface area contributed by atoms with Crippen molar-refractivity contribution in [1.29, 1.82) is 0 Å². The average molecular weight is 325 g/mol. The van der Waals surface area contributed by atoms with Gasteiger partial charge in [0.25, 0.3) is 0 Å². The Labute approximate surface area is 122 Å². The first-order chi connectivity index (χ1) is 8.97. The van der Waals surface area contributed by atoms with Crippen LogP contribution in [0.25, 0.3) is 11.1 Å². The molecule has 0 aliphatic carbocycles. The third kappa shape index (κ3) is 3.47. The molecule has 0 amide bonds. The molecule has 0 saturated heterocycles. The highest BCUT2D eigenvalue weighted by Crippen LogP contribution is 2.36. The lowest BCUT2D eigenvalue weighted by atomic mass is 10.1. The molecular formula is C12H6Cl3F2NO. The summed E-state index contributed by atoms with van der Waals surface area (Å²) in [4.78, 5) is 3.73. The summed E-state index contributed by atoms with van der Waals surface area (Å²) in [6, 6.07) is 6.10. The zero-order valence-corrected chi connectivity index (χ0v) is 11.5. The van der Waals surface area contributed by atoms with Gasteiger partial charge in [-0.05, 0) is 18.2 Å². The molecule has 0 bridgehead atoms. The molecule has 1 heterocycles. The minimum absolute atomic E-state index is 0.247. The summed E-state index contributed by atoms with van der Waals surface area (Å²) in [5, 5.41) is 0.999. The standard InChI is InChI=1S/C12H6Cl3F2NO/c13-6-1-2-8(10(15)4-6)9-3-7(14)5-18-11(9)19-12(16)17/h1-5,12H. The smallest absolute Gasteiger partial charge is 0.388 e. The second kappa shape index (κ2) is 5.90. The molecule has 19 heavy (non-hydrogen) atoms. The van der Waals surface area contributed by atoms with Crippen LogP contribution in [0.1, 0.15) is 0 Å². The molecular weight excluding hydrogens is 318 g/mol. The Bertz CT molecular complexity index is 608. The fraction of sp³-hybridized carbons (Fsp3) is 0.0833.